The number of benzene rings is 1. The van der Waals surface area contributed by atoms with Crippen molar-refractivity contribution in [3.8, 4) is 0 Å². The lowest BCUT2D eigenvalue weighted by molar-refractivity contribution is 0.563. The van der Waals surface area contributed by atoms with Crippen molar-refractivity contribution in [2.45, 2.75) is 26.2 Å². The highest BCUT2D eigenvalue weighted by Crippen LogP contribution is 2.26. The summed E-state index contributed by atoms with van der Waals surface area (Å²) in [5.74, 6) is -0.508. The van der Waals surface area contributed by atoms with Gasteiger partial charge in [-0.25, -0.2) is 9.49 Å². The van der Waals surface area contributed by atoms with Gasteiger partial charge in [0.25, 0.3) is 5.56 Å². The van der Waals surface area contributed by atoms with Crippen LogP contribution in [0.1, 0.15) is 26.5 Å². The number of hydrogen-bond donors (Lipinski definition) is 1. The van der Waals surface area contributed by atoms with E-state index in [0.717, 1.165) is 0 Å². The Morgan fingerprint density at radius 2 is 2.00 bits per heavy atom. The van der Waals surface area contributed by atoms with E-state index in [1.165, 1.54) is 6.07 Å². The first-order valence-electron chi connectivity index (χ1n) is 5.08. The average molecular weight is 220 g/mol. The molecule has 2 aromatic rings. The van der Waals surface area contributed by atoms with Crippen molar-refractivity contribution in [3.63, 3.8) is 0 Å². The standard InChI is InChI=1S/C12H13FN2O/c1-12(2,3)10-7-5-4-6-8(13)9(7)11(16)15-14-10/h4-6H,1-3H3,(H,15,16). The van der Waals surface area contributed by atoms with Gasteiger partial charge in [0.15, 0.2) is 0 Å². The fourth-order valence-corrected chi connectivity index (χ4v) is 1.75. The molecule has 0 bridgehead atoms. The molecule has 4 heteroatoms. The van der Waals surface area contributed by atoms with Crippen LogP contribution in [0.15, 0.2) is 23.0 Å². The zero-order chi connectivity index (χ0) is 11.9. The summed E-state index contributed by atoms with van der Waals surface area (Å²) in [5.41, 5.74) is -0.0290. The molecule has 0 radical (unpaired) electrons. The Morgan fingerprint density at radius 3 is 2.62 bits per heavy atom. The van der Waals surface area contributed by atoms with Crippen LogP contribution in [0.5, 0.6) is 0 Å². The number of nitrogens with one attached hydrogen (secondary N) is 1. The Balaban J connectivity index is 2.96. The fraction of sp³-hybridized carbons (Fsp3) is 0.333. The summed E-state index contributed by atoms with van der Waals surface area (Å²) in [5, 5.41) is 7.02. The predicted octanol–water partition coefficient (Wildman–Crippen LogP) is 2.36. The average Bonchev–Trinajstić information content (AvgIpc) is 2.16. The molecule has 0 spiro atoms. The van der Waals surface area contributed by atoms with Gasteiger partial charge in [-0.1, -0.05) is 32.9 Å². The number of H-pyrrole nitrogens is 1. The van der Waals surface area contributed by atoms with Gasteiger partial charge in [-0.05, 0) is 6.07 Å². The summed E-state index contributed by atoms with van der Waals surface area (Å²) in [7, 11) is 0. The molecule has 0 saturated carbocycles. The summed E-state index contributed by atoms with van der Waals surface area (Å²) >= 11 is 0. The number of rotatable bonds is 0. The fourth-order valence-electron chi connectivity index (χ4n) is 1.75. The number of halogens is 1. The molecule has 0 aliphatic rings. The maximum atomic E-state index is 13.6. The molecule has 0 atom stereocenters. The van der Waals surface area contributed by atoms with E-state index in [0.29, 0.717) is 11.1 Å². The van der Waals surface area contributed by atoms with E-state index in [4.69, 9.17) is 0 Å². The minimum absolute atomic E-state index is 0.0856. The van der Waals surface area contributed by atoms with Crippen molar-refractivity contribution in [2.24, 2.45) is 0 Å². The zero-order valence-corrected chi connectivity index (χ0v) is 9.47. The highest BCUT2D eigenvalue weighted by molar-refractivity contribution is 5.84. The molecule has 0 amide bonds. The van der Waals surface area contributed by atoms with Crippen LogP contribution in [0.4, 0.5) is 4.39 Å². The highest BCUT2D eigenvalue weighted by Gasteiger charge is 2.21. The van der Waals surface area contributed by atoms with Crippen molar-refractivity contribution >= 4 is 10.8 Å². The number of nitrogens with zero attached hydrogens (tertiary/aromatic N) is 1. The van der Waals surface area contributed by atoms with Crippen LogP contribution in [-0.4, -0.2) is 10.2 Å². The first-order chi connectivity index (χ1) is 7.41. The van der Waals surface area contributed by atoms with Gasteiger partial charge in [-0.3, -0.25) is 4.79 Å². The Kier molecular flexibility index (Phi) is 2.30. The Bertz CT molecular complexity index is 596. The van der Waals surface area contributed by atoms with Crippen molar-refractivity contribution in [1.29, 1.82) is 0 Å². The van der Waals surface area contributed by atoms with Crippen LogP contribution >= 0.6 is 0 Å². The summed E-state index contributed by atoms with van der Waals surface area (Å²) in [6.07, 6.45) is 0. The van der Waals surface area contributed by atoms with Gasteiger partial charge < -0.3 is 0 Å². The minimum atomic E-state index is -0.508. The van der Waals surface area contributed by atoms with Crippen molar-refractivity contribution in [3.05, 3.63) is 40.1 Å². The van der Waals surface area contributed by atoms with Crippen LogP contribution < -0.4 is 5.56 Å². The van der Waals surface area contributed by atoms with Gasteiger partial charge in [0.2, 0.25) is 0 Å². The molecule has 0 aliphatic heterocycles. The Morgan fingerprint density at radius 1 is 1.31 bits per heavy atom. The number of aromatic nitrogens is 2. The second kappa shape index (κ2) is 3.40. The molecule has 16 heavy (non-hydrogen) atoms. The molecule has 1 aromatic heterocycles. The maximum Gasteiger partial charge on any atom is 0.275 e. The topological polar surface area (TPSA) is 45.8 Å². The molecule has 0 fully saturated rings. The van der Waals surface area contributed by atoms with E-state index in [-0.39, 0.29) is 10.8 Å². The van der Waals surface area contributed by atoms with Crippen LogP contribution in [0.25, 0.3) is 10.8 Å². The van der Waals surface area contributed by atoms with Crippen LogP contribution in [0.2, 0.25) is 0 Å². The first-order valence-corrected chi connectivity index (χ1v) is 5.08. The third-order valence-corrected chi connectivity index (χ3v) is 2.48. The monoisotopic (exact) mass is 220 g/mol. The molecule has 1 aromatic carbocycles. The SMILES string of the molecule is CC(C)(C)c1n[nH]c(=O)c2c(F)cccc12. The van der Waals surface area contributed by atoms with Gasteiger partial charge in [0.1, 0.15) is 5.82 Å². The second-order valence-electron chi connectivity index (χ2n) is 4.81. The number of aromatic amines is 1. The molecular weight excluding hydrogens is 207 g/mol. The molecule has 84 valence electrons. The number of hydrogen-bond acceptors (Lipinski definition) is 2. The minimum Gasteiger partial charge on any atom is -0.267 e. The molecule has 3 nitrogen and oxygen atoms in total. The summed E-state index contributed by atoms with van der Waals surface area (Å²) < 4.78 is 13.6. The Hall–Kier alpha value is -1.71. The van der Waals surface area contributed by atoms with Gasteiger partial charge in [-0.2, -0.15) is 5.10 Å². The molecule has 1 heterocycles. The van der Waals surface area contributed by atoms with Crippen molar-refractivity contribution in [1.82, 2.24) is 10.2 Å². The lowest BCUT2D eigenvalue weighted by Gasteiger charge is -2.18. The quantitative estimate of drug-likeness (QED) is 0.740. The van der Waals surface area contributed by atoms with E-state index in [2.05, 4.69) is 10.2 Å². The molecule has 0 unspecified atom stereocenters. The maximum absolute atomic E-state index is 13.6. The smallest absolute Gasteiger partial charge is 0.267 e. The molecular formula is C12H13FN2O. The van der Waals surface area contributed by atoms with E-state index >= 15 is 0 Å². The van der Waals surface area contributed by atoms with E-state index in [9.17, 15) is 9.18 Å². The van der Waals surface area contributed by atoms with Crippen LogP contribution in [0, 0.1) is 5.82 Å². The largest absolute Gasteiger partial charge is 0.275 e. The molecule has 2 rings (SSSR count). The second-order valence-corrected chi connectivity index (χ2v) is 4.81. The lowest BCUT2D eigenvalue weighted by Crippen LogP contribution is -2.20. The van der Waals surface area contributed by atoms with Gasteiger partial charge in [0.05, 0.1) is 11.1 Å². The molecule has 0 saturated heterocycles. The van der Waals surface area contributed by atoms with E-state index in [1.54, 1.807) is 12.1 Å². The predicted molar refractivity (Wildman–Crippen MR) is 61.0 cm³/mol. The van der Waals surface area contributed by atoms with Gasteiger partial charge in [-0.15, -0.1) is 0 Å². The molecule has 0 aliphatic carbocycles. The highest BCUT2D eigenvalue weighted by atomic mass is 19.1. The molecule has 1 N–H and O–H groups in total. The summed E-state index contributed by atoms with van der Waals surface area (Å²) in [4.78, 5) is 11.5. The van der Waals surface area contributed by atoms with Crippen molar-refractivity contribution in [2.75, 3.05) is 0 Å². The normalized spacial score (nSPS) is 12.0. The van der Waals surface area contributed by atoms with Crippen molar-refractivity contribution < 1.29 is 4.39 Å². The van der Waals surface area contributed by atoms with Crippen LogP contribution in [0.3, 0.4) is 0 Å². The third kappa shape index (κ3) is 1.60. The summed E-state index contributed by atoms with van der Waals surface area (Å²) in [6, 6.07) is 4.60. The first kappa shape index (κ1) is 10.8. The van der Waals surface area contributed by atoms with Gasteiger partial charge in [0, 0.05) is 10.8 Å². The lowest BCUT2D eigenvalue weighted by atomic mass is 9.89. The van der Waals surface area contributed by atoms with E-state index < -0.39 is 11.4 Å². The van der Waals surface area contributed by atoms with Crippen LogP contribution in [-0.2, 0) is 5.41 Å². The summed E-state index contributed by atoms with van der Waals surface area (Å²) in [6.45, 7) is 5.91. The van der Waals surface area contributed by atoms with Gasteiger partial charge >= 0.3 is 0 Å². The van der Waals surface area contributed by atoms with E-state index in [1.807, 2.05) is 20.8 Å². The number of fused-ring (bicyclic) bond motifs is 1. The third-order valence-electron chi connectivity index (χ3n) is 2.48. The zero-order valence-electron chi connectivity index (χ0n) is 9.47. The Labute approximate surface area is 92.3 Å².